The highest BCUT2D eigenvalue weighted by Crippen LogP contribution is 2.12. The third-order valence-corrected chi connectivity index (χ3v) is 3.38. The molecule has 1 heterocycles. The maximum absolute atomic E-state index is 11.0. The molecule has 0 aliphatic carbocycles. The van der Waals surface area contributed by atoms with Crippen LogP contribution >= 0.6 is 0 Å². The van der Waals surface area contributed by atoms with Crippen LogP contribution in [0.2, 0.25) is 0 Å². The van der Waals surface area contributed by atoms with Crippen LogP contribution in [0.25, 0.3) is 0 Å². The molecule has 1 aliphatic rings. The van der Waals surface area contributed by atoms with Gasteiger partial charge in [0.2, 0.25) is 5.91 Å². The highest BCUT2D eigenvalue weighted by molar-refractivity contribution is 5.73. The van der Waals surface area contributed by atoms with Crippen molar-refractivity contribution in [1.29, 1.82) is 0 Å². The lowest BCUT2D eigenvalue weighted by Crippen LogP contribution is -2.44. The summed E-state index contributed by atoms with van der Waals surface area (Å²) in [5, 5.41) is 2.99. The van der Waals surface area contributed by atoms with Crippen molar-refractivity contribution in [3.63, 3.8) is 0 Å². The van der Waals surface area contributed by atoms with Crippen LogP contribution in [0.3, 0.4) is 0 Å². The van der Waals surface area contributed by atoms with Crippen LogP contribution in [0.15, 0.2) is 0 Å². The number of amides is 1. The van der Waals surface area contributed by atoms with E-state index in [2.05, 4.69) is 10.2 Å². The Morgan fingerprint density at radius 1 is 1.26 bits per heavy atom. The fourth-order valence-corrected chi connectivity index (χ4v) is 2.46. The average molecular weight is 272 g/mol. The van der Waals surface area contributed by atoms with Gasteiger partial charge >= 0.3 is 0 Å². The molecular formula is C14H28N2O3. The zero-order valence-electron chi connectivity index (χ0n) is 12.5. The van der Waals surface area contributed by atoms with Crippen molar-refractivity contribution in [2.75, 3.05) is 32.8 Å². The van der Waals surface area contributed by atoms with Crippen LogP contribution in [-0.2, 0) is 14.3 Å². The predicted octanol–water partition coefficient (Wildman–Crippen LogP) is 1.38. The van der Waals surface area contributed by atoms with E-state index in [0.717, 1.165) is 38.9 Å². The van der Waals surface area contributed by atoms with Crippen molar-refractivity contribution < 1.29 is 14.3 Å². The zero-order valence-corrected chi connectivity index (χ0v) is 12.5. The lowest BCUT2D eigenvalue weighted by molar-refractivity contribution is -0.142. The number of rotatable bonds is 8. The summed E-state index contributed by atoms with van der Waals surface area (Å²) >= 11 is 0. The number of carbonyl (C=O) groups excluding carboxylic acids is 1. The van der Waals surface area contributed by atoms with E-state index in [-0.39, 0.29) is 12.2 Å². The topological polar surface area (TPSA) is 50.8 Å². The normalized spacial score (nSPS) is 17.9. The van der Waals surface area contributed by atoms with Crippen molar-refractivity contribution in [2.45, 2.75) is 52.4 Å². The summed E-state index contributed by atoms with van der Waals surface area (Å²) < 4.78 is 11.1. The van der Waals surface area contributed by atoms with E-state index >= 15 is 0 Å². The molecule has 0 spiro atoms. The summed E-state index contributed by atoms with van der Waals surface area (Å²) in [5.74, 6) is 0.0752. The first-order chi connectivity index (χ1) is 9.15. The van der Waals surface area contributed by atoms with E-state index in [0.29, 0.717) is 19.3 Å². The third-order valence-electron chi connectivity index (χ3n) is 3.38. The molecule has 1 fully saturated rings. The highest BCUT2D eigenvalue weighted by atomic mass is 16.7. The number of nitrogens with one attached hydrogen (secondary N) is 1. The number of ether oxygens (including phenoxy) is 2. The summed E-state index contributed by atoms with van der Waals surface area (Å²) in [4.78, 5) is 13.4. The molecule has 1 N–H and O–H groups in total. The smallest absolute Gasteiger partial charge is 0.217 e. The molecule has 1 saturated heterocycles. The fraction of sp³-hybridized carbons (Fsp3) is 0.929. The number of hydrogen-bond donors (Lipinski definition) is 1. The van der Waals surface area contributed by atoms with Crippen LogP contribution in [0, 0.1) is 0 Å². The molecule has 0 saturated carbocycles. The maximum Gasteiger partial charge on any atom is 0.217 e. The fourth-order valence-electron chi connectivity index (χ4n) is 2.46. The van der Waals surface area contributed by atoms with Crippen molar-refractivity contribution in [1.82, 2.24) is 10.2 Å². The number of hydrogen-bond acceptors (Lipinski definition) is 4. The Labute approximate surface area is 116 Å². The first kappa shape index (κ1) is 16.4. The zero-order chi connectivity index (χ0) is 14.1. The number of piperidine rings is 1. The Morgan fingerprint density at radius 2 is 1.84 bits per heavy atom. The van der Waals surface area contributed by atoms with Gasteiger partial charge in [0.15, 0.2) is 6.29 Å². The minimum absolute atomic E-state index is 0.0752. The lowest BCUT2D eigenvalue weighted by Gasteiger charge is -2.32. The number of carbonyl (C=O) groups is 1. The van der Waals surface area contributed by atoms with Gasteiger partial charge < -0.3 is 19.7 Å². The molecule has 0 radical (unpaired) electrons. The molecule has 0 aromatic heterocycles. The van der Waals surface area contributed by atoms with Gasteiger partial charge in [0.1, 0.15) is 0 Å². The third kappa shape index (κ3) is 6.89. The molecule has 1 aliphatic heterocycles. The molecule has 0 atom stereocenters. The van der Waals surface area contributed by atoms with Gasteiger partial charge in [0, 0.05) is 52.2 Å². The molecule has 19 heavy (non-hydrogen) atoms. The first-order valence-electron chi connectivity index (χ1n) is 7.38. The van der Waals surface area contributed by atoms with Gasteiger partial charge in [-0.05, 0) is 26.7 Å². The lowest BCUT2D eigenvalue weighted by atomic mass is 10.0. The largest absolute Gasteiger partial charge is 0.354 e. The van der Waals surface area contributed by atoms with Gasteiger partial charge in [-0.15, -0.1) is 0 Å². The van der Waals surface area contributed by atoms with Crippen molar-refractivity contribution >= 4 is 5.91 Å². The van der Waals surface area contributed by atoms with Gasteiger partial charge in [0.05, 0.1) is 0 Å². The Kier molecular flexibility index (Phi) is 8.02. The number of likely N-dealkylation sites (tertiary alicyclic amines) is 1. The van der Waals surface area contributed by atoms with Gasteiger partial charge in [-0.1, -0.05) is 0 Å². The molecule has 1 rings (SSSR count). The first-order valence-corrected chi connectivity index (χ1v) is 7.38. The summed E-state index contributed by atoms with van der Waals surface area (Å²) in [6, 6.07) is 0.350. The second-order valence-electron chi connectivity index (χ2n) is 4.95. The summed E-state index contributed by atoms with van der Waals surface area (Å²) in [6.45, 7) is 10.0. The van der Waals surface area contributed by atoms with Gasteiger partial charge in [-0.3, -0.25) is 4.79 Å². The molecule has 5 heteroatoms. The van der Waals surface area contributed by atoms with Crippen molar-refractivity contribution in [2.24, 2.45) is 0 Å². The Bertz CT molecular complexity index is 247. The molecule has 112 valence electrons. The van der Waals surface area contributed by atoms with E-state index in [9.17, 15) is 4.79 Å². The van der Waals surface area contributed by atoms with E-state index in [1.807, 2.05) is 13.8 Å². The predicted molar refractivity (Wildman–Crippen MR) is 74.9 cm³/mol. The standard InChI is InChI=1S/C14H28N2O3/c1-4-18-14(19-5-2)8-11-16-9-6-13(7-10-16)15-12(3)17/h13-14H,4-11H2,1-3H3,(H,15,17). The quantitative estimate of drug-likeness (QED) is 0.678. The molecule has 5 nitrogen and oxygen atoms in total. The van der Waals surface area contributed by atoms with Crippen LogP contribution in [0.4, 0.5) is 0 Å². The molecule has 0 bridgehead atoms. The SMILES string of the molecule is CCOC(CCN1CCC(NC(C)=O)CC1)OCC. The second-order valence-corrected chi connectivity index (χ2v) is 4.95. The Morgan fingerprint density at radius 3 is 2.32 bits per heavy atom. The van der Waals surface area contributed by atoms with Gasteiger partial charge in [-0.2, -0.15) is 0 Å². The Balaban J connectivity index is 2.19. The molecular weight excluding hydrogens is 244 g/mol. The van der Waals surface area contributed by atoms with E-state index in [1.165, 1.54) is 0 Å². The second kappa shape index (κ2) is 9.28. The summed E-state index contributed by atoms with van der Waals surface area (Å²) in [5.41, 5.74) is 0. The monoisotopic (exact) mass is 272 g/mol. The van der Waals surface area contributed by atoms with Crippen molar-refractivity contribution in [3.05, 3.63) is 0 Å². The van der Waals surface area contributed by atoms with Crippen molar-refractivity contribution in [3.8, 4) is 0 Å². The van der Waals surface area contributed by atoms with E-state index in [1.54, 1.807) is 6.92 Å². The maximum atomic E-state index is 11.0. The van der Waals surface area contributed by atoms with E-state index < -0.39 is 0 Å². The van der Waals surface area contributed by atoms with Crippen LogP contribution in [0.1, 0.15) is 40.0 Å². The summed E-state index contributed by atoms with van der Waals surface area (Å²) in [6.07, 6.45) is 2.90. The van der Waals surface area contributed by atoms with Gasteiger partial charge in [0.25, 0.3) is 0 Å². The van der Waals surface area contributed by atoms with Crippen LogP contribution in [0.5, 0.6) is 0 Å². The molecule has 0 unspecified atom stereocenters. The average Bonchev–Trinajstić information content (AvgIpc) is 2.37. The van der Waals surface area contributed by atoms with Crippen LogP contribution < -0.4 is 5.32 Å². The Hall–Kier alpha value is -0.650. The molecule has 1 amide bonds. The minimum atomic E-state index is -0.0805. The van der Waals surface area contributed by atoms with E-state index in [4.69, 9.17) is 9.47 Å². The number of nitrogens with zero attached hydrogens (tertiary/aromatic N) is 1. The molecule has 0 aromatic carbocycles. The molecule has 0 aromatic rings. The van der Waals surface area contributed by atoms with Crippen LogP contribution in [-0.4, -0.2) is 56.0 Å². The van der Waals surface area contributed by atoms with Gasteiger partial charge in [-0.25, -0.2) is 0 Å². The summed E-state index contributed by atoms with van der Waals surface area (Å²) in [7, 11) is 0. The minimum Gasteiger partial charge on any atom is -0.354 e. The highest BCUT2D eigenvalue weighted by Gasteiger charge is 2.20.